The molecule has 0 saturated heterocycles. The second kappa shape index (κ2) is 12.7. The van der Waals surface area contributed by atoms with Crippen LogP contribution in [0.1, 0.15) is 39.2 Å². The van der Waals surface area contributed by atoms with Gasteiger partial charge < -0.3 is 10.2 Å². The highest BCUT2D eigenvalue weighted by atomic mass is 35.5. The van der Waals surface area contributed by atoms with E-state index in [0.717, 1.165) is 27.7 Å². The second-order valence-electron chi connectivity index (χ2n) is 7.73. The molecule has 0 heterocycles. The van der Waals surface area contributed by atoms with Crippen molar-refractivity contribution in [3.8, 4) is 0 Å². The molecule has 162 valence electrons. The molecule has 6 heteroatoms. The summed E-state index contributed by atoms with van der Waals surface area (Å²) in [4.78, 5) is 28.4. The number of benzene rings is 2. The van der Waals surface area contributed by atoms with Crippen LogP contribution in [0.15, 0.2) is 59.5 Å². The van der Waals surface area contributed by atoms with Crippen LogP contribution < -0.4 is 5.32 Å². The minimum absolute atomic E-state index is 0.00255. The summed E-state index contributed by atoms with van der Waals surface area (Å²) in [6.07, 6.45) is 1.16. The molecule has 0 spiro atoms. The van der Waals surface area contributed by atoms with Crippen LogP contribution in [0.25, 0.3) is 0 Å². The van der Waals surface area contributed by atoms with Crippen LogP contribution in [0.4, 0.5) is 0 Å². The van der Waals surface area contributed by atoms with Gasteiger partial charge in [0.15, 0.2) is 0 Å². The minimum atomic E-state index is -0.514. The third kappa shape index (κ3) is 8.41. The molecule has 1 N–H and O–H groups in total. The van der Waals surface area contributed by atoms with Gasteiger partial charge in [0.05, 0.1) is 0 Å². The third-order valence-corrected chi connectivity index (χ3v) is 6.02. The monoisotopic (exact) mass is 446 g/mol. The van der Waals surface area contributed by atoms with Gasteiger partial charge in [-0.1, -0.05) is 55.8 Å². The Morgan fingerprint density at radius 2 is 1.70 bits per heavy atom. The maximum absolute atomic E-state index is 13.0. The largest absolute Gasteiger partial charge is 0.354 e. The van der Waals surface area contributed by atoms with E-state index in [1.54, 1.807) is 23.6 Å². The summed E-state index contributed by atoms with van der Waals surface area (Å²) in [6.45, 7) is 6.94. The molecule has 0 saturated carbocycles. The Balaban J connectivity index is 1.94. The van der Waals surface area contributed by atoms with Gasteiger partial charge in [0, 0.05) is 29.4 Å². The lowest BCUT2D eigenvalue weighted by Gasteiger charge is -2.29. The van der Waals surface area contributed by atoms with Gasteiger partial charge in [0.2, 0.25) is 11.8 Å². The van der Waals surface area contributed by atoms with Crippen LogP contribution in [-0.4, -0.2) is 35.1 Å². The van der Waals surface area contributed by atoms with E-state index in [9.17, 15) is 9.59 Å². The number of carbonyl (C=O) groups excluding carboxylic acids is 2. The van der Waals surface area contributed by atoms with E-state index in [2.05, 4.69) is 19.2 Å². The molecule has 2 amide bonds. The molecule has 4 nitrogen and oxygen atoms in total. The van der Waals surface area contributed by atoms with Gasteiger partial charge in [-0.2, -0.15) is 0 Å². The first-order valence-corrected chi connectivity index (χ1v) is 11.7. The Kier molecular flexibility index (Phi) is 10.2. The summed E-state index contributed by atoms with van der Waals surface area (Å²) in [5.74, 6) is 1.09. The van der Waals surface area contributed by atoms with Crippen LogP contribution in [0, 0.1) is 5.92 Å². The van der Waals surface area contributed by atoms with Gasteiger partial charge in [-0.15, -0.1) is 11.8 Å². The van der Waals surface area contributed by atoms with Crippen LogP contribution in [0.2, 0.25) is 5.02 Å². The Morgan fingerprint density at radius 1 is 1.03 bits per heavy atom. The molecule has 0 aliphatic heterocycles. The number of rotatable bonds is 11. The van der Waals surface area contributed by atoms with E-state index in [1.807, 2.05) is 54.6 Å². The van der Waals surface area contributed by atoms with E-state index >= 15 is 0 Å². The van der Waals surface area contributed by atoms with Crippen molar-refractivity contribution in [1.82, 2.24) is 10.2 Å². The Labute approximate surface area is 189 Å². The molecule has 0 radical (unpaired) electrons. The Bertz CT molecular complexity index is 797. The fourth-order valence-electron chi connectivity index (χ4n) is 2.90. The molecule has 1 atom stereocenters. The van der Waals surface area contributed by atoms with Crippen LogP contribution >= 0.6 is 23.4 Å². The average molecular weight is 447 g/mol. The summed E-state index contributed by atoms with van der Waals surface area (Å²) in [7, 11) is 0. The molecule has 0 fully saturated rings. The zero-order chi connectivity index (χ0) is 21.9. The first kappa shape index (κ1) is 24.3. The zero-order valence-electron chi connectivity index (χ0n) is 17.9. The molecule has 2 rings (SSSR count). The number of nitrogens with one attached hydrogen (secondary N) is 1. The van der Waals surface area contributed by atoms with E-state index < -0.39 is 6.04 Å². The maximum atomic E-state index is 13.0. The zero-order valence-corrected chi connectivity index (χ0v) is 19.5. The second-order valence-corrected chi connectivity index (χ2v) is 9.33. The molecule has 0 aromatic heterocycles. The van der Waals surface area contributed by atoms with E-state index in [0.29, 0.717) is 25.4 Å². The SMILES string of the molecule is CC(C)CNC(=O)[C@H](C)N(Cc1ccccc1)C(=O)CCCSc1ccc(Cl)cc1. The summed E-state index contributed by atoms with van der Waals surface area (Å²) >= 11 is 7.62. The van der Waals surface area contributed by atoms with Crippen molar-refractivity contribution in [3.63, 3.8) is 0 Å². The molecular weight excluding hydrogens is 416 g/mol. The van der Waals surface area contributed by atoms with Crippen LogP contribution in [0.5, 0.6) is 0 Å². The van der Waals surface area contributed by atoms with Crippen molar-refractivity contribution in [2.24, 2.45) is 5.92 Å². The van der Waals surface area contributed by atoms with Crippen molar-refractivity contribution >= 4 is 35.2 Å². The van der Waals surface area contributed by atoms with Crippen LogP contribution in [-0.2, 0) is 16.1 Å². The molecule has 0 aliphatic rings. The number of thioether (sulfide) groups is 1. The summed E-state index contributed by atoms with van der Waals surface area (Å²) in [5, 5.41) is 3.67. The average Bonchev–Trinajstić information content (AvgIpc) is 2.74. The Morgan fingerprint density at radius 3 is 2.33 bits per heavy atom. The summed E-state index contributed by atoms with van der Waals surface area (Å²) < 4.78 is 0. The summed E-state index contributed by atoms with van der Waals surface area (Å²) in [5.41, 5.74) is 1.02. The fraction of sp³-hybridized carbons (Fsp3) is 0.417. The highest BCUT2D eigenvalue weighted by Gasteiger charge is 2.25. The predicted molar refractivity (Wildman–Crippen MR) is 126 cm³/mol. The van der Waals surface area contributed by atoms with Gasteiger partial charge in [0.25, 0.3) is 0 Å². The smallest absolute Gasteiger partial charge is 0.242 e. The van der Waals surface area contributed by atoms with Crippen molar-refractivity contribution < 1.29 is 9.59 Å². The molecular formula is C24H31ClN2O2S. The number of halogens is 1. The van der Waals surface area contributed by atoms with Gasteiger partial charge in [0.1, 0.15) is 6.04 Å². The maximum Gasteiger partial charge on any atom is 0.242 e. The number of carbonyl (C=O) groups is 2. The molecule has 2 aromatic rings. The number of amides is 2. The normalized spacial score (nSPS) is 11.9. The fourth-order valence-corrected chi connectivity index (χ4v) is 3.88. The number of hydrogen-bond donors (Lipinski definition) is 1. The van der Waals surface area contributed by atoms with Crippen LogP contribution in [0.3, 0.4) is 0 Å². The first-order valence-electron chi connectivity index (χ1n) is 10.4. The molecule has 30 heavy (non-hydrogen) atoms. The van der Waals surface area contributed by atoms with Crippen molar-refractivity contribution in [1.29, 1.82) is 0 Å². The van der Waals surface area contributed by atoms with Crippen molar-refractivity contribution in [2.45, 2.75) is 51.1 Å². The van der Waals surface area contributed by atoms with Gasteiger partial charge in [-0.25, -0.2) is 0 Å². The Hall–Kier alpha value is -1.98. The highest BCUT2D eigenvalue weighted by molar-refractivity contribution is 7.99. The molecule has 0 bridgehead atoms. The minimum Gasteiger partial charge on any atom is -0.354 e. The first-order chi connectivity index (χ1) is 14.4. The predicted octanol–water partition coefficient (Wildman–Crippen LogP) is 5.40. The number of nitrogens with zero attached hydrogens (tertiary/aromatic N) is 1. The van der Waals surface area contributed by atoms with Gasteiger partial charge in [-0.3, -0.25) is 9.59 Å². The third-order valence-electron chi connectivity index (χ3n) is 4.66. The highest BCUT2D eigenvalue weighted by Crippen LogP contribution is 2.22. The lowest BCUT2D eigenvalue weighted by Crippen LogP contribution is -2.48. The van der Waals surface area contributed by atoms with Crippen molar-refractivity contribution in [3.05, 3.63) is 65.2 Å². The van der Waals surface area contributed by atoms with Crippen molar-refractivity contribution in [2.75, 3.05) is 12.3 Å². The molecule has 2 aromatic carbocycles. The number of hydrogen-bond acceptors (Lipinski definition) is 3. The quantitative estimate of drug-likeness (QED) is 0.371. The van der Waals surface area contributed by atoms with E-state index in [-0.39, 0.29) is 11.8 Å². The van der Waals surface area contributed by atoms with E-state index in [1.165, 1.54) is 0 Å². The summed E-state index contributed by atoms with van der Waals surface area (Å²) in [6, 6.07) is 17.0. The van der Waals surface area contributed by atoms with Gasteiger partial charge in [-0.05, 0) is 54.8 Å². The molecule has 0 unspecified atom stereocenters. The van der Waals surface area contributed by atoms with E-state index in [4.69, 9.17) is 11.6 Å². The lowest BCUT2D eigenvalue weighted by molar-refractivity contribution is -0.140. The topological polar surface area (TPSA) is 49.4 Å². The standard InChI is InChI=1S/C24H31ClN2O2S/c1-18(2)16-26-24(29)19(3)27(17-20-8-5-4-6-9-20)23(28)10-7-15-30-22-13-11-21(25)12-14-22/h4-6,8-9,11-14,18-19H,7,10,15-17H2,1-3H3,(H,26,29)/t19-/m0/s1. The lowest BCUT2D eigenvalue weighted by atomic mass is 10.1. The molecule has 0 aliphatic carbocycles. The van der Waals surface area contributed by atoms with Gasteiger partial charge >= 0.3 is 0 Å².